The molecule has 0 aliphatic carbocycles. The van der Waals surface area contributed by atoms with Crippen molar-refractivity contribution >= 4 is 63.7 Å². The van der Waals surface area contributed by atoms with Crippen LogP contribution in [0.1, 0.15) is 0 Å². The topological polar surface area (TPSA) is 0 Å². The van der Waals surface area contributed by atoms with E-state index in [-0.39, 0.29) is 7.89 Å². The Kier molecular flexibility index (Phi) is 10.0. The van der Waals surface area contributed by atoms with Gasteiger partial charge in [-0.25, -0.2) is 0 Å². The van der Waals surface area contributed by atoms with Crippen LogP contribution in [0, 0.1) is 0 Å². The third-order valence-corrected chi connectivity index (χ3v) is 82.7. The van der Waals surface area contributed by atoms with Gasteiger partial charge in [-0.3, -0.25) is 0 Å². The SMILES string of the molecule is I[I-]I(I)I. The van der Waals surface area contributed by atoms with E-state index in [1.165, 1.54) is 0 Å². The first kappa shape index (κ1) is 8.65. The van der Waals surface area contributed by atoms with Crippen molar-refractivity contribution in [2.75, 3.05) is 0 Å². The fraction of sp³-hybridized carbons (Fsp3) is 0. The van der Waals surface area contributed by atoms with E-state index in [4.69, 9.17) is 0 Å². The summed E-state index contributed by atoms with van der Waals surface area (Å²) in [6.07, 6.45) is 0. The van der Waals surface area contributed by atoms with Gasteiger partial charge in [-0.05, 0) is 0 Å². The van der Waals surface area contributed by atoms with E-state index < -0.39 is 0 Å². The van der Waals surface area contributed by atoms with Crippen molar-refractivity contribution in [2.24, 2.45) is 0 Å². The Morgan fingerprint density at radius 2 is 1.60 bits per heavy atom. The average Bonchev–Trinajstić information content (AvgIpc) is 1.38. The van der Waals surface area contributed by atoms with Crippen molar-refractivity contribution in [3.8, 4) is 0 Å². The minimum atomic E-state index is -0.245. The van der Waals surface area contributed by atoms with Gasteiger partial charge in [-0.15, -0.1) is 0 Å². The van der Waals surface area contributed by atoms with Gasteiger partial charge in [0.1, 0.15) is 0 Å². The van der Waals surface area contributed by atoms with Gasteiger partial charge in [-0.2, -0.15) is 0 Å². The van der Waals surface area contributed by atoms with Gasteiger partial charge in [0.05, 0.1) is 0 Å². The van der Waals surface area contributed by atoms with Gasteiger partial charge in [0, 0.05) is 0 Å². The molecule has 0 rings (SSSR count). The molecule has 0 spiro atoms. The summed E-state index contributed by atoms with van der Waals surface area (Å²) in [6, 6.07) is 0. The average molecular weight is 635 g/mol. The summed E-state index contributed by atoms with van der Waals surface area (Å²) >= 11 is 8.37. The first-order chi connectivity index (χ1) is 2.27. The van der Waals surface area contributed by atoms with Crippen LogP contribution in [0.4, 0.5) is 0 Å². The maximum atomic E-state index is 2.59. The third kappa shape index (κ3) is 7.65. The van der Waals surface area contributed by atoms with Crippen LogP contribution >= 0.6 is 63.7 Å². The van der Waals surface area contributed by atoms with Crippen LogP contribution in [-0.4, -0.2) is 0 Å². The predicted molar refractivity (Wildman–Crippen MR) is 56.1 cm³/mol. The maximum absolute atomic E-state index is 2.59. The first-order valence-corrected chi connectivity index (χ1v) is 25.7. The molecule has 0 aromatic carbocycles. The van der Waals surface area contributed by atoms with Crippen molar-refractivity contribution in [3.63, 3.8) is 0 Å². The van der Waals surface area contributed by atoms with E-state index in [2.05, 4.69) is 55.8 Å². The fourth-order valence-electron chi connectivity index (χ4n) is 0. The molecular weight excluding hydrogens is 635 g/mol. The Bertz CT molecular complexity index is 14.0. The molecule has 0 aliphatic heterocycles. The first-order valence-electron chi connectivity index (χ1n) is 0.571. The zero-order valence-corrected chi connectivity index (χ0v) is 12.7. The van der Waals surface area contributed by atoms with Gasteiger partial charge in [0.2, 0.25) is 0 Å². The van der Waals surface area contributed by atoms with Gasteiger partial charge in [0.25, 0.3) is 0 Å². The molecule has 0 bridgehead atoms. The van der Waals surface area contributed by atoms with Crippen molar-refractivity contribution in [3.05, 3.63) is 0 Å². The quantitative estimate of drug-likeness (QED) is 0.370. The molecule has 0 nitrogen and oxygen atoms in total. The van der Waals surface area contributed by atoms with Crippen molar-refractivity contribution < 1.29 is 13.3 Å². The summed E-state index contributed by atoms with van der Waals surface area (Å²) in [7, 11) is -0.245. The van der Waals surface area contributed by atoms with Crippen LogP contribution in [0.2, 0.25) is 0 Å². The number of rotatable bonds is 1. The molecule has 0 fully saturated rings. The Morgan fingerprint density at radius 1 is 1.40 bits per heavy atom. The summed E-state index contributed by atoms with van der Waals surface area (Å²) in [5, 5.41) is 0. The minimum absolute atomic E-state index is 0.245. The Hall–Kier alpha value is 3.65. The van der Waals surface area contributed by atoms with Crippen molar-refractivity contribution in [1.82, 2.24) is 0 Å². The molecule has 0 aromatic heterocycles. The van der Waals surface area contributed by atoms with Gasteiger partial charge in [-0.1, -0.05) is 0 Å². The molecule has 0 amide bonds. The second kappa shape index (κ2) is 5.78. The molecule has 0 N–H and O–H groups in total. The van der Waals surface area contributed by atoms with Gasteiger partial charge < -0.3 is 0 Å². The molecule has 0 atom stereocenters. The second-order valence-electron chi connectivity index (χ2n) is 0.216. The molecule has 36 valence electrons. The molecule has 0 saturated heterocycles. The molecule has 5 heavy (non-hydrogen) atoms. The van der Waals surface area contributed by atoms with E-state index in [0.717, 1.165) is 0 Å². The Labute approximate surface area is 74.2 Å². The van der Waals surface area contributed by atoms with Crippen molar-refractivity contribution in [2.45, 2.75) is 0 Å². The van der Waals surface area contributed by atoms with E-state index in [0.29, 0.717) is 13.3 Å². The molecule has 0 radical (unpaired) electrons. The fourth-order valence-corrected chi connectivity index (χ4v) is 0. The standard InChI is InChI=1S/I5/c1-4-5(2)3/q-1. The van der Waals surface area contributed by atoms with Crippen molar-refractivity contribution in [1.29, 1.82) is 0 Å². The van der Waals surface area contributed by atoms with Crippen LogP contribution in [0.15, 0.2) is 0 Å². The van der Waals surface area contributed by atoms with E-state index >= 15 is 0 Å². The zero-order valence-electron chi connectivity index (χ0n) is 1.89. The molecule has 5 heteroatoms. The number of hydrogen-bond acceptors (Lipinski definition) is 0. The Balaban J connectivity index is 2.54. The molecule has 0 unspecified atom stereocenters. The summed E-state index contributed by atoms with van der Waals surface area (Å²) in [5.74, 6) is 0. The summed E-state index contributed by atoms with van der Waals surface area (Å²) in [5.41, 5.74) is 0. The molecule has 0 saturated carbocycles. The van der Waals surface area contributed by atoms with Crippen LogP contribution in [0.25, 0.3) is 0 Å². The molecule has 0 aromatic rings. The van der Waals surface area contributed by atoms with E-state index in [9.17, 15) is 0 Å². The third-order valence-electron chi connectivity index (χ3n) is 0.0408. The molecular formula is I5-. The monoisotopic (exact) mass is 635 g/mol. The van der Waals surface area contributed by atoms with Crippen LogP contribution in [0.3, 0.4) is 0 Å². The summed E-state index contributed by atoms with van der Waals surface area (Å²) < 4.78 is 0. The van der Waals surface area contributed by atoms with E-state index in [1.807, 2.05) is 0 Å². The predicted octanol–water partition coefficient (Wildman–Crippen LogP) is 0.547. The molecule has 0 aliphatic rings. The van der Waals surface area contributed by atoms with Gasteiger partial charge in [0.15, 0.2) is 0 Å². The zero-order chi connectivity index (χ0) is 4.28. The van der Waals surface area contributed by atoms with Crippen LogP contribution < -0.4 is 13.3 Å². The Morgan fingerprint density at radius 3 is 1.60 bits per heavy atom. The van der Waals surface area contributed by atoms with E-state index in [1.54, 1.807) is 0 Å². The summed E-state index contributed by atoms with van der Waals surface area (Å²) in [6.45, 7) is 0. The van der Waals surface area contributed by atoms with Crippen LogP contribution in [-0.2, 0) is 0 Å². The number of halogens is 5. The normalized spacial score (nSPS) is 12.2. The summed E-state index contributed by atoms with van der Waals surface area (Å²) in [4.78, 5) is 0. The van der Waals surface area contributed by atoms with Gasteiger partial charge >= 0.3 is 77.0 Å². The molecule has 0 heterocycles. The number of hydrogen-bond donors (Lipinski definition) is 0. The van der Waals surface area contributed by atoms with Crippen LogP contribution in [0.5, 0.6) is 0 Å². The second-order valence-corrected chi connectivity index (χ2v) is 65.2.